The van der Waals surface area contributed by atoms with E-state index in [2.05, 4.69) is 5.32 Å². The molecule has 1 aliphatic rings. The summed E-state index contributed by atoms with van der Waals surface area (Å²) in [4.78, 5) is 29.1. The van der Waals surface area contributed by atoms with E-state index in [9.17, 15) is 14.0 Å². The molecule has 0 radical (unpaired) electrons. The lowest BCUT2D eigenvalue weighted by Gasteiger charge is -2.23. The van der Waals surface area contributed by atoms with Gasteiger partial charge < -0.3 is 15.0 Å². The maximum atomic E-state index is 13.2. The average molecular weight is 437 g/mol. The highest BCUT2D eigenvalue weighted by Crippen LogP contribution is 2.42. The van der Waals surface area contributed by atoms with Crippen LogP contribution < -0.4 is 10.2 Å². The number of carbonyl (C=O) groups is 2. The molecular formula is C24H21FN2O3S. The summed E-state index contributed by atoms with van der Waals surface area (Å²) in [6, 6.07) is 18.9. The number of carbonyl (C=O) groups excluding carboxylic acids is 2. The number of fused-ring (bicyclic) bond motifs is 2. The lowest BCUT2D eigenvalue weighted by atomic mass is 10.1. The molecule has 1 heterocycles. The molecule has 0 fully saturated rings. The van der Waals surface area contributed by atoms with E-state index < -0.39 is 0 Å². The number of rotatable bonds is 6. The molecule has 0 spiro atoms. The van der Waals surface area contributed by atoms with Gasteiger partial charge in [0, 0.05) is 29.1 Å². The Kier molecular flexibility index (Phi) is 6.34. The first-order valence-electron chi connectivity index (χ1n) is 9.81. The molecule has 0 bridgehead atoms. The van der Waals surface area contributed by atoms with Crippen molar-refractivity contribution < 1.29 is 18.7 Å². The van der Waals surface area contributed by atoms with E-state index in [0.29, 0.717) is 24.4 Å². The van der Waals surface area contributed by atoms with Gasteiger partial charge in [0.25, 0.3) is 5.91 Å². The molecule has 5 nitrogen and oxygen atoms in total. The van der Waals surface area contributed by atoms with Crippen LogP contribution in [-0.2, 0) is 16.0 Å². The first-order chi connectivity index (χ1) is 15.0. The Balaban J connectivity index is 1.60. The zero-order valence-corrected chi connectivity index (χ0v) is 17.7. The molecule has 31 heavy (non-hydrogen) atoms. The van der Waals surface area contributed by atoms with Gasteiger partial charge in [0.1, 0.15) is 5.82 Å². The Morgan fingerprint density at radius 3 is 2.61 bits per heavy atom. The minimum Gasteiger partial charge on any atom is -0.383 e. The summed E-state index contributed by atoms with van der Waals surface area (Å²) in [5.74, 6) is -0.607. The molecule has 0 aromatic heterocycles. The van der Waals surface area contributed by atoms with E-state index in [0.717, 1.165) is 21.0 Å². The molecule has 3 aromatic rings. The number of anilines is 2. The number of amides is 2. The predicted octanol–water partition coefficient (Wildman–Crippen LogP) is 4.76. The molecule has 3 aromatic carbocycles. The van der Waals surface area contributed by atoms with Crippen molar-refractivity contribution in [1.29, 1.82) is 0 Å². The second-order valence-corrected chi connectivity index (χ2v) is 8.17. The topological polar surface area (TPSA) is 58.6 Å². The van der Waals surface area contributed by atoms with Crippen molar-refractivity contribution in [3.05, 3.63) is 83.7 Å². The highest BCUT2D eigenvalue weighted by Gasteiger charge is 2.27. The van der Waals surface area contributed by atoms with E-state index in [1.165, 1.54) is 23.9 Å². The maximum Gasteiger partial charge on any atom is 0.259 e. The maximum absolute atomic E-state index is 13.2. The van der Waals surface area contributed by atoms with Gasteiger partial charge in [-0.2, -0.15) is 0 Å². The molecule has 7 heteroatoms. The largest absolute Gasteiger partial charge is 0.383 e. The Morgan fingerprint density at radius 2 is 1.84 bits per heavy atom. The smallest absolute Gasteiger partial charge is 0.259 e. The van der Waals surface area contributed by atoms with Crippen molar-refractivity contribution in [3.8, 4) is 0 Å². The van der Waals surface area contributed by atoms with Gasteiger partial charge in [-0.3, -0.25) is 9.59 Å². The minimum atomic E-state index is -0.334. The third-order valence-electron chi connectivity index (χ3n) is 4.91. The van der Waals surface area contributed by atoms with Crippen LogP contribution in [0, 0.1) is 5.82 Å². The molecule has 0 saturated carbocycles. The molecule has 0 unspecified atom stereocenters. The number of ether oxygens (including phenoxy) is 1. The number of nitrogens with one attached hydrogen (secondary N) is 1. The van der Waals surface area contributed by atoms with Crippen LogP contribution >= 0.6 is 11.8 Å². The van der Waals surface area contributed by atoms with Crippen LogP contribution in [0.3, 0.4) is 0 Å². The van der Waals surface area contributed by atoms with Crippen molar-refractivity contribution >= 4 is 35.0 Å². The van der Waals surface area contributed by atoms with Gasteiger partial charge in [-0.25, -0.2) is 4.39 Å². The lowest BCUT2D eigenvalue weighted by molar-refractivity contribution is -0.115. The quantitative estimate of drug-likeness (QED) is 0.605. The average Bonchev–Trinajstić information content (AvgIpc) is 2.88. The number of benzene rings is 3. The van der Waals surface area contributed by atoms with Crippen molar-refractivity contribution in [1.82, 2.24) is 0 Å². The minimum absolute atomic E-state index is 0.0769. The summed E-state index contributed by atoms with van der Waals surface area (Å²) in [6.45, 7) is 0.835. The SMILES string of the molecule is COCCN1C(=O)c2ccccc2Sc2cc(NC(=O)Cc3ccc(F)cc3)ccc21. The number of nitrogens with zero attached hydrogens (tertiary/aromatic N) is 1. The number of hydrogen-bond acceptors (Lipinski definition) is 4. The van der Waals surface area contributed by atoms with Gasteiger partial charge in [0.2, 0.25) is 5.91 Å². The molecule has 0 aliphatic carbocycles. The van der Waals surface area contributed by atoms with Gasteiger partial charge in [-0.15, -0.1) is 0 Å². The first-order valence-corrected chi connectivity index (χ1v) is 10.6. The Morgan fingerprint density at radius 1 is 1.06 bits per heavy atom. The second kappa shape index (κ2) is 9.32. The molecule has 2 amide bonds. The molecule has 1 aliphatic heterocycles. The molecule has 0 atom stereocenters. The third-order valence-corrected chi connectivity index (χ3v) is 6.04. The zero-order chi connectivity index (χ0) is 21.8. The highest BCUT2D eigenvalue weighted by atomic mass is 32.2. The molecule has 4 rings (SSSR count). The lowest BCUT2D eigenvalue weighted by Crippen LogP contribution is -2.33. The fourth-order valence-electron chi connectivity index (χ4n) is 3.40. The van der Waals surface area contributed by atoms with Crippen LogP contribution in [0.1, 0.15) is 15.9 Å². The third kappa shape index (κ3) is 4.78. The molecule has 0 saturated heterocycles. The van der Waals surface area contributed by atoms with Crippen LogP contribution in [0.2, 0.25) is 0 Å². The first kappa shape index (κ1) is 21.1. The predicted molar refractivity (Wildman–Crippen MR) is 119 cm³/mol. The van der Waals surface area contributed by atoms with Crippen molar-refractivity contribution in [2.75, 3.05) is 30.5 Å². The standard InChI is InChI=1S/C24H21FN2O3S/c1-30-13-12-27-20-11-10-18(26-23(28)14-16-6-8-17(25)9-7-16)15-22(20)31-21-5-3-2-4-19(21)24(27)29/h2-11,15H,12-14H2,1H3,(H,26,28). The highest BCUT2D eigenvalue weighted by molar-refractivity contribution is 7.99. The molecular weight excluding hydrogens is 415 g/mol. The number of hydrogen-bond donors (Lipinski definition) is 1. The van der Waals surface area contributed by atoms with E-state index in [1.807, 2.05) is 36.4 Å². The summed E-state index contributed by atoms with van der Waals surface area (Å²) in [5, 5.41) is 2.89. The van der Waals surface area contributed by atoms with Gasteiger partial charge in [0.15, 0.2) is 0 Å². The van der Waals surface area contributed by atoms with Gasteiger partial charge >= 0.3 is 0 Å². The summed E-state index contributed by atoms with van der Waals surface area (Å²) in [5.41, 5.74) is 2.78. The number of halogens is 1. The molecule has 158 valence electrons. The summed E-state index contributed by atoms with van der Waals surface area (Å²) < 4.78 is 18.3. The Labute approximate surface area is 184 Å². The zero-order valence-electron chi connectivity index (χ0n) is 16.9. The summed E-state index contributed by atoms with van der Waals surface area (Å²) in [7, 11) is 1.60. The van der Waals surface area contributed by atoms with Crippen molar-refractivity contribution in [3.63, 3.8) is 0 Å². The second-order valence-electron chi connectivity index (χ2n) is 7.08. The van der Waals surface area contributed by atoms with Gasteiger partial charge in [0.05, 0.1) is 24.3 Å². The Bertz CT molecular complexity index is 1120. The van der Waals surface area contributed by atoms with Crippen LogP contribution in [-0.4, -0.2) is 32.1 Å². The van der Waals surface area contributed by atoms with Crippen LogP contribution in [0.5, 0.6) is 0 Å². The van der Waals surface area contributed by atoms with Gasteiger partial charge in [-0.1, -0.05) is 36.0 Å². The fourth-order valence-corrected chi connectivity index (χ4v) is 4.52. The Hall–Kier alpha value is -3.16. The van der Waals surface area contributed by atoms with E-state index >= 15 is 0 Å². The van der Waals surface area contributed by atoms with Crippen molar-refractivity contribution in [2.45, 2.75) is 16.2 Å². The number of methoxy groups -OCH3 is 1. The summed E-state index contributed by atoms with van der Waals surface area (Å²) in [6.07, 6.45) is 0.145. The van der Waals surface area contributed by atoms with Crippen LogP contribution in [0.4, 0.5) is 15.8 Å². The normalized spacial score (nSPS) is 12.7. The van der Waals surface area contributed by atoms with Crippen LogP contribution in [0.25, 0.3) is 0 Å². The van der Waals surface area contributed by atoms with Gasteiger partial charge in [-0.05, 0) is 48.0 Å². The fraction of sp³-hybridized carbons (Fsp3) is 0.167. The monoisotopic (exact) mass is 436 g/mol. The van der Waals surface area contributed by atoms with E-state index in [4.69, 9.17) is 4.74 Å². The van der Waals surface area contributed by atoms with E-state index in [1.54, 1.807) is 30.2 Å². The summed E-state index contributed by atoms with van der Waals surface area (Å²) >= 11 is 1.49. The van der Waals surface area contributed by atoms with E-state index in [-0.39, 0.29) is 24.1 Å². The van der Waals surface area contributed by atoms with Crippen molar-refractivity contribution in [2.24, 2.45) is 0 Å². The van der Waals surface area contributed by atoms with Crippen LogP contribution in [0.15, 0.2) is 76.5 Å². The molecule has 1 N–H and O–H groups in total.